The normalized spacial score (nSPS) is 13.2. The van der Waals surface area contributed by atoms with E-state index >= 15 is 0 Å². The summed E-state index contributed by atoms with van der Waals surface area (Å²) in [5.41, 5.74) is 18.8. The van der Waals surface area contributed by atoms with Gasteiger partial charge in [0.15, 0.2) is 0 Å². The Balaban J connectivity index is 1.03. The zero-order valence-corrected chi connectivity index (χ0v) is 36.9. The molecule has 0 N–H and O–H groups in total. The number of aromatic nitrogens is 1. The molecule has 0 atom stereocenters. The Morgan fingerprint density at radius 1 is 0.323 bits per heavy atom. The molecule has 13 aromatic rings. The maximum Gasteiger partial charge on any atom is 0.0619 e. The van der Waals surface area contributed by atoms with E-state index in [0.717, 1.165) is 0 Å². The van der Waals surface area contributed by atoms with E-state index in [9.17, 15) is 0 Å². The number of para-hydroxylation sites is 1. The van der Waals surface area contributed by atoms with Crippen LogP contribution in [-0.2, 0) is 5.41 Å². The molecule has 0 amide bonds. The quantitative estimate of drug-likeness (QED) is 0.166. The zero-order chi connectivity index (χ0) is 43.0. The van der Waals surface area contributed by atoms with Crippen molar-refractivity contribution >= 4 is 80.4 Å². The molecule has 0 unspecified atom stereocenters. The second-order valence-corrected chi connectivity index (χ2v) is 19.5. The molecule has 3 aromatic heterocycles. The minimum absolute atomic E-state index is 0.0874. The molecule has 0 fully saturated rings. The van der Waals surface area contributed by atoms with Gasteiger partial charge in [0, 0.05) is 41.7 Å². The predicted octanol–water partition coefficient (Wildman–Crippen LogP) is 17.9. The summed E-state index contributed by atoms with van der Waals surface area (Å²) >= 11 is 1.90. The summed E-state index contributed by atoms with van der Waals surface area (Å²) < 4.78 is 5.20. The molecule has 1 nitrogen and oxygen atoms in total. The molecule has 0 radical (unpaired) electrons. The maximum absolute atomic E-state index is 2.57. The highest BCUT2D eigenvalue weighted by molar-refractivity contribution is 7.26. The van der Waals surface area contributed by atoms with Gasteiger partial charge >= 0.3 is 0 Å². The second kappa shape index (κ2) is 13.6. The Morgan fingerprint density at radius 2 is 0.846 bits per heavy atom. The summed E-state index contributed by atoms with van der Waals surface area (Å²) in [4.78, 5) is 0. The number of thiophene rings is 1. The van der Waals surface area contributed by atoms with Gasteiger partial charge < -0.3 is 4.40 Å². The smallest absolute Gasteiger partial charge is 0.0619 e. The number of hydrogen-bond acceptors (Lipinski definition) is 1. The molecule has 0 saturated heterocycles. The summed E-state index contributed by atoms with van der Waals surface area (Å²) in [6, 6.07) is 79.8. The van der Waals surface area contributed by atoms with Crippen LogP contribution in [0.4, 0.5) is 0 Å². The summed E-state index contributed by atoms with van der Waals surface area (Å²) in [7, 11) is 0. The van der Waals surface area contributed by atoms with Crippen LogP contribution in [0, 0.1) is 0 Å². The van der Waals surface area contributed by atoms with Crippen molar-refractivity contribution in [2.45, 2.75) is 19.3 Å². The lowest BCUT2D eigenvalue weighted by molar-refractivity contribution is 0.660. The molecule has 2 heteroatoms. The van der Waals surface area contributed by atoms with E-state index in [4.69, 9.17) is 0 Å². The van der Waals surface area contributed by atoms with Crippen molar-refractivity contribution in [2.24, 2.45) is 0 Å². The van der Waals surface area contributed by atoms with Gasteiger partial charge in [-0.15, -0.1) is 11.3 Å². The fraction of sp³-hybridized carbons (Fsp3) is 0.0476. The van der Waals surface area contributed by atoms with Crippen molar-refractivity contribution in [3.05, 3.63) is 223 Å². The average Bonchev–Trinajstić information content (AvgIpc) is 4.00. The Hall–Kier alpha value is -7.78. The van der Waals surface area contributed by atoms with E-state index < -0.39 is 0 Å². The molecular formula is C63H41NS. The first kappa shape index (κ1) is 36.7. The average molecular weight is 844 g/mol. The van der Waals surface area contributed by atoms with Crippen LogP contribution in [0.1, 0.15) is 25.0 Å². The molecule has 304 valence electrons. The largest absolute Gasteiger partial charge is 0.308 e. The van der Waals surface area contributed by atoms with E-state index in [-0.39, 0.29) is 5.41 Å². The van der Waals surface area contributed by atoms with Crippen molar-refractivity contribution in [3.8, 4) is 55.6 Å². The first-order valence-corrected chi connectivity index (χ1v) is 23.5. The van der Waals surface area contributed by atoms with Gasteiger partial charge in [-0.3, -0.25) is 0 Å². The lowest BCUT2D eigenvalue weighted by Gasteiger charge is -2.22. The minimum atomic E-state index is -0.0874. The number of fused-ring (bicyclic) bond motifs is 10. The van der Waals surface area contributed by atoms with Crippen LogP contribution in [0.3, 0.4) is 0 Å². The summed E-state index contributed by atoms with van der Waals surface area (Å²) in [6.07, 6.45) is 0. The molecule has 65 heavy (non-hydrogen) atoms. The number of nitrogens with zero attached hydrogens (tertiary/aromatic N) is 1. The van der Waals surface area contributed by atoms with Gasteiger partial charge in [0.05, 0.1) is 16.6 Å². The highest BCUT2D eigenvalue weighted by Gasteiger charge is 2.35. The molecule has 3 heterocycles. The third kappa shape index (κ3) is 5.32. The Bertz CT molecular complexity index is 4130. The Kier molecular flexibility index (Phi) is 7.68. The number of benzene rings is 10. The fourth-order valence-electron chi connectivity index (χ4n) is 11.4. The van der Waals surface area contributed by atoms with Crippen molar-refractivity contribution < 1.29 is 0 Å². The van der Waals surface area contributed by atoms with Crippen LogP contribution in [0.15, 0.2) is 212 Å². The molecule has 1 aliphatic carbocycles. The van der Waals surface area contributed by atoms with Crippen LogP contribution < -0.4 is 0 Å². The third-order valence-corrected chi connectivity index (χ3v) is 15.7. The van der Waals surface area contributed by atoms with Gasteiger partial charge in [-0.1, -0.05) is 172 Å². The van der Waals surface area contributed by atoms with Crippen LogP contribution in [0.2, 0.25) is 0 Å². The van der Waals surface area contributed by atoms with E-state index in [1.807, 2.05) is 11.3 Å². The molecule has 14 rings (SSSR count). The SMILES string of the molecule is CC1(C)c2ccccc2-c2ccc(-c3cc(-c4ccc(-c5ccccc5)cc4)cc(-c4ccc5c(c4)c4cccc6c7ccccc7c7cccc8sc9cccc(c9c87)n5c64)c3)cc21. The molecule has 10 aromatic carbocycles. The van der Waals surface area contributed by atoms with Crippen molar-refractivity contribution in [2.75, 3.05) is 0 Å². The van der Waals surface area contributed by atoms with Gasteiger partial charge in [-0.25, -0.2) is 0 Å². The Labute approximate surface area is 381 Å². The highest BCUT2D eigenvalue weighted by Crippen LogP contribution is 2.50. The molecule has 1 aliphatic rings. The van der Waals surface area contributed by atoms with Gasteiger partial charge in [-0.05, 0) is 138 Å². The molecular weight excluding hydrogens is 803 g/mol. The van der Waals surface area contributed by atoms with Crippen molar-refractivity contribution in [3.63, 3.8) is 0 Å². The lowest BCUT2D eigenvalue weighted by Crippen LogP contribution is -2.14. The highest BCUT2D eigenvalue weighted by atomic mass is 32.1. The van der Waals surface area contributed by atoms with Gasteiger partial charge in [-0.2, -0.15) is 0 Å². The third-order valence-electron chi connectivity index (χ3n) is 14.5. The first-order valence-electron chi connectivity index (χ1n) is 22.7. The monoisotopic (exact) mass is 843 g/mol. The van der Waals surface area contributed by atoms with E-state index in [1.54, 1.807) is 0 Å². The second-order valence-electron chi connectivity index (χ2n) is 18.4. The van der Waals surface area contributed by atoms with Gasteiger partial charge in [0.25, 0.3) is 0 Å². The minimum Gasteiger partial charge on any atom is -0.308 e. The number of rotatable bonds is 4. The van der Waals surface area contributed by atoms with Crippen LogP contribution in [-0.4, -0.2) is 4.40 Å². The fourth-order valence-corrected chi connectivity index (χ4v) is 12.6. The zero-order valence-electron chi connectivity index (χ0n) is 36.1. The standard InChI is InChI=1S/C63H41NS/c1-63(2)54-21-9-8-17-48(54)49-31-29-42(37-55(49)63)45-34-43(40-27-25-39(26-28-40)38-13-4-3-5-14-38)33-44(35-45)41-30-32-56-53(36-41)52-20-10-19-51-47-16-7-6-15-46(47)50-18-11-23-58-60(50)61-57(64(56)62(51)52)22-12-24-59(61)65-58/h3-37H,1-2H3. The molecule has 0 spiro atoms. The summed E-state index contributed by atoms with van der Waals surface area (Å²) in [5, 5.41) is 10.3. The predicted molar refractivity (Wildman–Crippen MR) is 280 cm³/mol. The Morgan fingerprint density at radius 3 is 1.63 bits per heavy atom. The van der Waals surface area contributed by atoms with E-state index in [1.165, 1.54) is 136 Å². The lowest BCUT2D eigenvalue weighted by atomic mass is 9.81. The molecule has 0 aliphatic heterocycles. The van der Waals surface area contributed by atoms with Crippen molar-refractivity contribution in [1.82, 2.24) is 4.40 Å². The maximum atomic E-state index is 2.57. The van der Waals surface area contributed by atoms with E-state index in [2.05, 4.69) is 231 Å². The van der Waals surface area contributed by atoms with Crippen molar-refractivity contribution in [1.29, 1.82) is 0 Å². The van der Waals surface area contributed by atoms with Crippen LogP contribution in [0.25, 0.3) is 125 Å². The topological polar surface area (TPSA) is 4.41 Å². The van der Waals surface area contributed by atoms with E-state index in [0.29, 0.717) is 0 Å². The molecule has 0 bridgehead atoms. The summed E-state index contributed by atoms with van der Waals surface area (Å²) in [6.45, 7) is 4.74. The van der Waals surface area contributed by atoms with Gasteiger partial charge in [0.1, 0.15) is 0 Å². The van der Waals surface area contributed by atoms with Gasteiger partial charge in [0.2, 0.25) is 0 Å². The van der Waals surface area contributed by atoms with Crippen LogP contribution >= 0.6 is 11.3 Å². The molecule has 0 saturated carbocycles. The number of hydrogen-bond donors (Lipinski definition) is 0. The summed E-state index contributed by atoms with van der Waals surface area (Å²) in [5.74, 6) is 0. The first-order chi connectivity index (χ1) is 32.0. The van der Waals surface area contributed by atoms with Crippen LogP contribution in [0.5, 0.6) is 0 Å².